The molecule has 1 aliphatic heterocycles. The molecular weight excluding hydrogens is 369 g/mol. The maximum absolute atomic E-state index is 12.9. The molecule has 1 heterocycles. The number of nitrogens with zero attached hydrogens (tertiary/aromatic N) is 1. The van der Waals surface area contributed by atoms with Crippen molar-refractivity contribution in [2.24, 2.45) is 0 Å². The molecule has 1 fully saturated rings. The van der Waals surface area contributed by atoms with Crippen LogP contribution >= 0.6 is 11.6 Å². The molecule has 0 amide bonds. The summed E-state index contributed by atoms with van der Waals surface area (Å²) in [5, 5.41) is -0.539. The molecule has 2 rings (SSSR count). The van der Waals surface area contributed by atoms with Crippen LogP contribution in [-0.2, 0) is 20.9 Å². The fraction of sp³-hybridized carbons (Fsp3) is 0.571. The average Bonchev–Trinajstić information content (AvgIpc) is 2.52. The van der Waals surface area contributed by atoms with Gasteiger partial charge in [-0.15, -0.1) is 0 Å². The maximum atomic E-state index is 12.9. The van der Waals surface area contributed by atoms with Crippen LogP contribution < -0.4 is 4.72 Å². The van der Waals surface area contributed by atoms with Crippen LogP contribution in [0.3, 0.4) is 0 Å². The Bertz CT molecular complexity index is 676. The number of nitrogens with one attached hydrogen (secondary N) is 1. The number of ether oxygens (including phenoxy) is 1. The summed E-state index contributed by atoms with van der Waals surface area (Å²) in [6, 6.07) is 2.44. The molecule has 1 aromatic carbocycles. The second-order valence-corrected chi connectivity index (χ2v) is 7.66. The van der Waals surface area contributed by atoms with Gasteiger partial charge in [0, 0.05) is 25.7 Å². The van der Waals surface area contributed by atoms with Crippen molar-refractivity contribution in [3.05, 3.63) is 28.8 Å². The highest BCUT2D eigenvalue weighted by Crippen LogP contribution is 2.35. The zero-order chi connectivity index (χ0) is 18.0. The summed E-state index contributed by atoms with van der Waals surface area (Å²) in [4.78, 5) is 1.59. The minimum Gasteiger partial charge on any atom is -0.379 e. The predicted molar refractivity (Wildman–Crippen MR) is 83.5 cm³/mol. The molecular formula is C14H18ClF3N2O3S. The summed E-state index contributed by atoms with van der Waals surface area (Å²) in [5.74, 6) is 0. The predicted octanol–water partition coefficient (Wildman–Crippen LogP) is 2.36. The van der Waals surface area contributed by atoms with E-state index in [2.05, 4.69) is 9.62 Å². The van der Waals surface area contributed by atoms with E-state index in [0.29, 0.717) is 32.4 Å². The average molecular weight is 387 g/mol. The summed E-state index contributed by atoms with van der Waals surface area (Å²) >= 11 is 5.51. The second-order valence-electron chi connectivity index (χ2n) is 5.49. The number of halogens is 4. The first-order valence-corrected chi connectivity index (χ1v) is 9.15. The number of morpholine rings is 1. The molecule has 1 aliphatic rings. The minimum absolute atomic E-state index is 0.0896. The molecule has 24 heavy (non-hydrogen) atoms. The molecule has 1 aromatic rings. The van der Waals surface area contributed by atoms with Gasteiger partial charge in [0.25, 0.3) is 0 Å². The standard InChI is InChI=1S/C14H18ClF3N2O3S/c1-10(20-4-6-23-7-5-20)9-19-24(21,22)11-2-3-13(15)12(8-11)14(16,17)18/h2-3,8,10,19H,4-7,9H2,1H3. The molecule has 0 saturated carbocycles. The molecule has 1 N–H and O–H groups in total. The number of sulfonamides is 1. The molecule has 0 aliphatic carbocycles. The Morgan fingerprint density at radius 1 is 1.33 bits per heavy atom. The Hall–Kier alpha value is -0.870. The number of alkyl halides is 3. The molecule has 0 bridgehead atoms. The fourth-order valence-electron chi connectivity index (χ4n) is 2.35. The highest BCUT2D eigenvalue weighted by atomic mass is 35.5. The van der Waals surface area contributed by atoms with Crippen molar-refractivity contribution < 1.29 is 26.3 Å². The lowest BCUT2D eigenvalue weighted by molar-refractivity contribution is -0.137. The second kappa shape index (κ2) is 7.57. The van der Waals surface area contributed by atoms with Gasteiger partial charge in [-0.2, -0.15) is 13.2 Å². The molecule has 10 heteroatoms. The highest BCUT2D eigenvalue weighted by molar-refractivity contribution is 7.89. The number of benzene rings is 1. The van der Waals surface area contributed by atoms with E-state index in [9.17, 15) is 21.6 Å². The minimum atomic E-state index is -4.72. The zero-order valence-corrected chi connectivity index (χ0v) is 14.5. The van der Waals surface area contributed by atoms with Crippen molar-refractivity contribution in [2.75, 3.05) is 32.8 Å². The van der Waals surface area contributed by atoms with Crippen LogP contribution in [0.2, 0.25) is 5.02 Å². The Labute approximate surface area is 143 Å². The monoisotopic (exact) mass is 386 g/mol. The quantitative estimate of drug-likeness (QED) is 0.844. The van der Waals surface area contributed by atoms with Crippen molar-refractivity contribution in [2.45, 2.75) is 24.0 Å². The van der Waals surface area contributed by atoms with E-state index in [4.69, 9.17) is 16.3 Å². The van der Waals surface area contributed by atoms with Crippen molar-refractivity contribution in [3.8, 4) is 0 Å². The maximum Gasteiger partial charge on any atom is 0.417 e. The molecule has 0 radical (unpaired) electrons. The van der Waals surface area contributed by atoms with Crippen molar-refractivity contribution in [3.63, 3.8) is 0 Å². The van der Waals surface area contributed by atoms with Gasteiger partial charge < -0.3 is 4.74 Å². The van der Waals surface area contributed by atoms with Crippen molar-refractivity contribution >= 4 is 21.6 Å². The molecule has 1 atom stereocenters. The molecule has 1 saturated heterocycles. The first-order valence-electron chi connectivity index (χ1n) is 7.29. The third-order valence-electron chi connectivity index (χ3n) is 3.79. The molecule has 0 aromatic heterocycles. The SMILES string of the molecule is CC(CNS(=O)(=O)c1ccc(Cl)c(C(F)(F)F)c1)N1CCOCC1. The lowest BCUT2D eigenvalue weighted by atomic mass is 10.2. The van der Waals surface area contributed by atoms with E-state index in [1.807, 2.05) is 6.92 Å². The van der Waals surface area contributed by atoms with Gasteiger partial charge >= 0.3 is 6.18 Å². The Morgan fingerprint density at radius 3 is 2.54 bits per heavy atom. The summed E-state index contributed by atoms with van der Waals surface area (Å²) in [5.41, 5.74) is -1.17. The van der Waals surface area contributed by atoms with Crippen molar-refractivity contribution in [1.29, 1.82) is 0 Å². The van der Waals surface area contributed by atoms with Gasteiger partial charge in [-0.3, -0.25) is 4.90 Å². The van der Waals surface area contributed by atoms with Gasteiger partial charge in [-0.25, -0.2) is 13.1 Å². The van der Waals surface area contributed by atoms with Crippen molar-refractivity contribution in [1.82, 2.24) is 9.62 Å². The number of rotatable bonds is 5. The third-order valence-corrected chi connectivity index (χ3v) is 5.54. The summed E-state index contributed by atoms with van der Waals surface area (Å²) in [6.07, 6.45) is -4.72. The van der Waals surface area contributed by atoms with Gasteiger partial charge in [-0.1, -0.05) is 11.6 Å². The number of hydrogen-bond acceptors (Lipinski definition) is 4. The van der Waals surface area contributed by atoms with Gasteiger partial charge in [0.1, 0.15) is 0 Å². The van der Waals surface area contributed by atoms with Crippen LogP contribution in [0.1, 0.15) is 12.5 Å². The van der Waals surface area contributed by atoms with Gasteiger partial charge in [0.2, 0.25) is 10.0 Å². The van der Waals surface area contributed by atoms with Crippen LogP contribution in [0.5, 0.6) is 0 Å². The van der Waals surface area contributed by atoms with Crippen LogP contribution in [0.4, 0.5) is 13.2 Å². The first-order chi connectivity index (χ1) is 11.1. The van der Waals surface area contributed by atoms with Crippen LogP contribution in [0, 0.1) is 0 Å². The van der Waals surface area contributed by atoms with E-state index < -0.39 is 31.7 Å². The first kappa shape index (κ1) is 19.5. The smallest absolute Gasteiger partial charge is 0.379 e. The fourth-order valence-corrected chi connectivity index (χ4v) is 3.72. The summed E-state index contributed by atoms with van der Waals surface area (Å²) in [7, 11) is -4.06. The normalized spacial score (nSPS) is 18.5. The van der Waals surface area contributed by atoms with Crippen LogP contribution in [-0.4, -0.2) is 52.2 Å². The summed E-state index contributed by atoms with van der Waals surface area (Å²) < 4.78 is 70.6. The van der Waals surface area contributed by atoms with Crippen LogP contribution in [0.15, 0.2) is 23.1 Å². The lowest BCUT2D eigenvalue weighted by Crippen LogP contribution is -2.47. The van der Waals surface area contributed by atoms with Gasteiger partial charge in [0.05, 0.1) is 28.7 Å². The van der Waals surface area contributed by atoms with Gasteiger partial charge in [0.15, 0.2) is 0 Å². The summed E-state index contributed by atoms with van der Waals surface area (Å²) in [6.45, 7) is 4.44. The largest absolute Gasteiger partial charge is 0.417 e. The van der Waals surface area contributed by atoms with E-state index in [1.165, 1.54) is 0 Å². The number of hydrogen-bond donors (Lipinski definition) is 1. The van der Waals surface area contributed by atoms with E-state index in [0.717, 1.165) is 12.1 Å². The van der Waals surface area contributed by atoms with Gasteiger partial charge in [-0.05, 0) is 25.1 Å². The van der Waals surface area contributed by atoms with E-state index >= 15 is 0 Å². The van der Waals surface area contributed by atoms with E-state index in [-0.39, 0.29) is 12.6 Å². The topological polar surface area (TPSA) is 58.6 Å². The zero-order valence-electron chi connectivity index (χ0n) is 12.9. The molecule has 5 nitrogen and oxygen atoms in total. The van der Waals surface area contributed by atoms with Crippen LogP contribution in [0.25, 0.3) is 0 Å². The third kappa shape index (κ3) is 4.82. The molecule has 136 valence electrons. The Kier molecular flexibility index (Phi) is 6.14. The highest BCUT2D eigenvalue weighted by Gasteiger charge is 2.34. The Balaban J connectivity index is 2.10. The Morgan fingerprint density at radius 2 is 1.96 bits per heavy atom. The lowest BCUT2D eigenvalue weighted by Gasteiger charge is -2.32. The molecule has 0 spiro atoms. The molecule has 1 unspecified atom stereocenters. The van der Waals surface area contributed by atoms with E-state index in [1.54, 1.807) is 0 Å².